The predicted octanol–water partition coefficient (Wildman–Crippen LogP) is 4.08. The molecular weight excluding hydrogens is 284 g/mol. The van der Waals surface area contributed by atoms with Crippen LogP contribution in [0.4, 0.5) is 5.69 Å². The zero-order chi connectivity index (χ0) is 14.5. The number of carbonyl (C=O) groups is 1. The molecule has 3 aromatic rings. The molecule has 0 radical (unpaired) electrons. The zero-order valence-corrected chi connectivity index (χ0v) is 11.8. The van der Waals surface area contributed by atoms with Crippen LogP contribution in [0.25, 0.3) is 0 Å². The molecule has 0 aliphatic rings. The van der Waals surface area contributed by atoms with E-state index in [1.54, 1.807) is 11.8 Å². The number of hydrogen-bond acceptors (Lipinski definition) is 4. The lowest BCUT2D eigenvalue weighted by molar-refractivity contribution is 0.0987. The molecule has 2 aromatic carbocycles. The smallest absolute Gasteiger partial charge is 0.294 e. The molecule has 0 saturated heterocycles. The minimum atomic E-state index is -0.311. The average Bonchev–Trinajstić information content (AvgIpc) is 3.05. The highest BCUT2D eigenvalue weighted by molar-refractivity contribution is 7.99. The van der Waals surface area contributed by atoms with Gasteiger partial charge in [-0.15, -0.1) is 0 Å². The Kier molecular flexibility index (Phi) is 4.02. The van der Waals surface area contributed by atoms with Gasteiger partial charge in [0, 0.05) is 15.9 Å². The normalized spacial score (nSPS) is 10.3. The summed E-state index contributed by atoms with van der Waals surface area (Å²) in [5.74, 6) is -0.122. The number of nitrogens with zero attached hydrogens (tertiary/aromatic N) is 1. The van der Waals surface area contributed by atoms with E-state index < -0.39 is 0 Å². The summed E-state index contributed by atoms with van der Waals surface area (Å²) < 4.78 is 4.86. The lowest BCUT2D eigenvalue weighted by atomic mass is 10.3. The maximum absolute atomic E-state index is 12.0. The Hall–Kier alpha value is -2.53. The van der Waals surface area contributed by atoms with E-state index in [0.29, 0.717) is 0 Å². The van der Waals surface area contributed by atoms with Gasteiger partial charge in [-0.2, -0.15) is 0 Å². The van der Waals surface area contributed by atoms with Crippen LogP contribution in [0.2, 0.25) is 0 Å². The molecular formula is C16H12N2O2S. The molecule has 0 spiro atoms. The second-order valence-electron chi connectivity index (χ2n) is 4.24. The van der Waals surface area contributed by atoms with E-state index in [-0.39, 0.29) is 11.7 Å². The molecule has 0 unspecified atom stereocenters. The highest BCUT2D eigenvalue weighted by Gasteiger charge is 2.12. The van der Waals surface area contributed by atoms with Crippen molar-refractivity contribution < 1.29 is 9.32 Å². The lowest BCUT2D eigenvalue weighted by Crippen LogP contribution is -2.11. The van der Waals surface area contributed by atoms with Gasteiger partial charge in [-0.05, 0) is 24.3 Å². The fraction of sp³-hybridized carbons (Fsp3) is 0. The number of rotatable bonds is 4. The zero-order valence-electron chi connectivity index (χ0n) is 11.0. The SMILES string of the molecule is O=C(Nc1ccccc1Sc1ccccc1)c1ccno1. The number of benzene rings is 2. The van der Waals surface area contributed by atoms with Crippen molar-refractivity contribution in [3.63, 3.8) is 0 Å². The Morgan fingerprint density at radius 1 is 1.00 bits per heavy atom. The van der Waals surface area contributed by atoms with E-state index in [2.05, 4.69) is 10.5 Å². The highest BCUT2D eigenvalue weighted by Crippen LogP contribution is 2.33. The first-order valence-corrected chi connectivity index (χ1v) is 7.18. The molecule has 21 heavy (non-hydrogen) atoms. The van der Waals surface area contributed by atoms with Crippen LogP contribution in [0.1, 0.15) is 10.6 Å². The van der Waals surface area contributed by atoms with Crippen LogP contribution in [0.15, 0.2) is 81.2 Å². The Morgan fingerprint density at radius 2 is 1.76 bits per heavy atom. The summed E-state index contributed by atoms with van der Waals surface area (Å²) >= 11 is 1.59. The number of amides is 1. The first-order chi connectivity index (χ1) is 10.3. The van der Waals surface area contributed by atoms with Gasteiger partial charge in [-0.3, -0.25) is 4.79 Å². The molecule has 4 nitrogen and oxygen atoms in total. The molecule has 1 heterocycles. The van der Waals surface area contributed by atoms with Crippen LogP contribution in [0, 0.1) is 0 Å². The maximum atomic E-state index is 12.0. The largest absolute Gasteiger partial charge is 0.351 e. The molecule has 1 N–H and O–H groups in total. The number of aromatic nitrogens is 1. The molecule has 3 rings (SSSR count). The van der Waals surface area contributed by atoms with Crippen molar-refractivity contribution in [2.75, 3.05) is 5.32 Å². The summed E-state index contributed by atoms with van der Waals surface area (Å²) in [6, 6.07) is 19.2. The Bertz CT molecular complexity index is 727. The van der Waals surface area contributed by atoms with Gasteiger partial charge in [-0.1, -0.05) is 47.3 Å². The monoisotopic (exact) mass is 296 g/mol. The molecule has 0 atom stereocenters. The van der Waals surface area contributed by atoms with Gasteiger partial charge in [0.1, 0.15) is 0 Å². The minimum absolute atomic E-state index is 0.189. The molecule has 5 heteroatoms. The molecule has 0 aliphatic carbocycles. The van der Waals surface area contributed by atoms with Crippen LogP contribution in [0.3, 0.4) is 0 Å². The fourth-order valence-corrected chi connectivity index (χ4v) is 2.71. The molecule has 104 valence electrons. The summed E-state index contributed by atoms with van der Waals surface area (Å²) in [6.45, 7) is 0. The van der Waals surface area contributed by atoms with E-state index in [1.807, 2.05) is 54.6 Å². The number of para-hydroxylation sites is 1. The first kappa shape index (κ1) is 13.5. The van der Waals surface area contributed by atoms with Crippen LogP contribution in [-0.2, 0) is 0 Å². The predicted molar refractivity (Wildman–Crippen MR) is 81.5 cm³/mol. The van der Waals surface area contributed by atoms with Gasteiger partial charge in [-0.25, -0.2) is 0 Å². The van der Waals surface area contributed by atoms with E-state index in [9.17, 15) is 4.79 Å². The van der Waals surface area contributed by atoms with E-state index in [1.165, 1.54) is 12.3 Å². The van der Waals surface area contributed by atoms with Crippen molar-refractivity contribution in [2.24, 2.45) is 0 Å². The van der Waals surface area contributed by atoms with Gasteiger partial charge in [0.25, 0.3) is 5.91 Å². The Balaban J connectivity index is 1.81. The summed E-state index contributed by atoms with van der Waals surface area (Å²) in [7, 11) is 0. The van der Waals surface area contributed by atoms with Gasteiger partial charge >= 0.3 is 0 Å². The summed E-state index contributed by atoms with van der Waals surface area (Å²) in [5.41, 5.74) is 0.743. The quantitative estimate of drug-likeness (QED) is 0.788. The third-order valence-corrected chi connectivity index (χ3v) is 3.85. The Morgan fingerprint density at radius 3 is 2.52 bits per heavy atom. The third-order valence-electron chi connectivity index (χ3n) is 2.77. The first-order valence-electron chi connectivity index (χ1n) is 6.37. The summed E-state index contributed by atoms with van der Waals surface area (Å²) in [5, 5.41) is 6.37. The molecule has 1 amide bonds. The van der Waals surface area contributed by atoms with Crippen LogP contribution in [0.5, 0.6) is 0 Å². The van der Waals surface area contributed by atoms with Crippen molar-refractivity contribution in [1.29, 1.82) is 0 Å². The van der Waals surface area contributed by atoms with Gasteiger partial charge < -0.3 is 9.84 Å². The Labute approximate surface area is 126 Å². The molecule has 0 fully saturated rings. The molecule has 0 saturated carbocycles. The topological polar surface area (TPSA) is 55.1 Å². The highest BCUT2D eigenvalue weighted by atomic mass is 32.2. The minimum Gasteiger partial charge on any atom is -0.351 e. The lowest BCUT2D eigenvalue weighted by Gasteiger charge is -2.09. The maximum Gasteiger partial charge on any atom is 0.294 e. The van der Waals surface area contributed by atoms with Crippen molar-refractivity contribution in [3.05, 3.63) is 72.6 Å². The van der Waals surface area contributed by atoms with Crippen molar-refractivity contribution in [1.82, 2.24) is 5.16 Å². The van der Waals surface area contributed by atoms with Crippen molar-refractivity contribution >= 4 is 23.4 Å². The number of hydrogen-bond donors (Lipinski definition) is 1. The molecule has 0 bridgehead atoms. The van der Waals surface area contributed by atoms with Crippen molar-refractivity contribution in [2.45, 2.75) is 9.79 Å². The third kappa shape index (κ3) is 3.32. The van der Waals surface area contributed by atoms with Crippen molar-refractivity contribution in [3.8, 4) is 0 Å². The standard InChI is InChI=1S/C16H12N2O2S/c19-16(14-10-11-17-20-14)18-13-8-4-5-9-15(13)21-12-6-2-1-3-7-12/h1-11H,(H,18,19). The second-order valence-corrected chi connectivity index (χ2v) is 5.36. The van der Waals surface area contributed by atoms with Gasteiger partial charge in [0.15, 0.2) is 0 Å². The average molecular weight is 296 g/mol. The molecule has 1 aromatic heterocycles. The summed E-state index contributed by atoms with van der Waals surface area (Å²) in [4.78, 5) is 14.1. The molecule has 0 aliphatic heterocycles. The van der Waals surface area contributed by atoms with Gasteiger partial charge in [0.05, 0.1) is 11.9 Å². The number of anilines is 1. The fourth-order valence-electron chi connectivity index (χ4n) is 1.79. The number of nitrogens with one attached hydrogen (secondary N) is 1. The van der Waals surface area contributed by atoms with E-state index >= 15 is 0 Å². The second kappa shape index (κ2) is 6.28. The van der Waals surface area contributed by atoms with Crippen LogP contribution >= 0.6 is 11.8 Å². The summed E-state index contributed by atoms with van der Waals surface area (Å²) in [6.07, 6.45) is 1.44. The van der Waals surface area contributed by atoms with E-state index in [0.717, 1.165) is 15.5 Å². The van der Waals surface area contributed by atoms with E-state index in [4.69, 9.17) is 4.52 Å². The van der Waals surface area contributed by atoms with Gasteiger partial charge in [0.2, 0.25) is 5.76 Å². The number of carbonyl (C=O) groups excluding carboxylic acids is 1. The van der Waals surface area contributed by atoms with Crippen LogP contribution in [-0.4, -0.2) is 11.1 Å². The van der Waals surface area contributed by atoms with Crippen LogP contribution < -0.4 is 5.32 Å².